The molecule has 0 aliphatic rings. The van der Waals surface area contributed by atoms with Crippen LogP contribution in [0, 0.1) is 6.92 Å². The van der Waals surface area contributed by atoms with Gasteiger partial charge in [0.05, 0.1) is 42.5 Å². The summed E-state index contributed by atoms with van der Waals surface area (Å²) in [5.74, 6) is 0.345. The van der Waals surface area contributed by atoms with Crippen LogP contribution in [-0.4, -0.2) is 43.6 Å². The van der Waals surface area contributed by atoms with Gasteiger partial charge in [-0.15, -0.1) is 0 Å². The van der Waals surface area contributed by atoms with E-state index in [1.165, 1.54) is 0 Å². The van der Waals surface area contributed by atoms with E-state index in [0.29, 0.717) is 39.5 Å². The third-order valence-corrected chi connectivity index (χ3v) is 5.51. The van der Waals surface area contributed by atoms with Gasteiger partial charge in [-0.2, -0.15) is 0 Å². The maximum atomic E-state index is 13.6. The summed E-state index contributed by atoms with van der Waals surface area (Å²) in [7, 11) is 1.87. The number of imidazole rings is 1. The maximum absolute atomic E-state index is 13.6. The molecule has 3 heterocycles. The fourth-order valence-electron chi connectivity index (χ4n) is 3.41. The van der Waals surface area contributed by atoms with Gasteiger partial charge in [0.15, 0.2) is 5.76 Å². The second-order valence-electron chi connectivity index (χ2n) is 7.05. The van der Waals surface area contributed by atoms with Crippen LogP contribution in [0.15, 0.2) is 53.5 Å². The lowest BCUT2D eigenvalue weighted by Gasteiger charge is -2.23. The van der Waals surface area contributed by atoms with E-state index in [9.17, 15) is 9.90 Å². The molecule has 0 aliphatic carbocycles. The second-order valence-corrected chi connectivity index (χ2v) is 7.45. The minimum Gasteiger partial charge on any atom is -0.463 e. The van der Waals surface area contributed by atoms with Gasteiger partial charge in [0.1, 0.15) is 5.69 Å². The lowest BCUT2D eigenvalue weighted by Crippen LogP contribution is -2.34. The van der Waals surface area contributed by atoms with Gasteiger partial charge in [0.25, 0.3) is 5.91 Å². The molecule has 0 saturated heterocycles. The average Bonchev–Trinajstić information content (AvgIpc) is 3.42. The van der Waals surface area contributed by atoms with Crippen molar-refractivity contribution in [3.8, 4) is 11.5 Å². The topological polar surface area (TPSA) is 84.4 Å². The predicted octanol–water partition coefficient (Wildman–Crippen LogP) is 3.82. The number of amides is 1. The van der Waals surface area contributed by atoms with Crippen molar-refractivity contribution in [2.24, 2.45) is 7.05 Å². The number of aliphatic hydroxyl groups excluding tert-OH is 1. The quantitative estimate of drug-likeness (QED) is 0.508. The third-order valence-electron chi connectivity index (χ3n) is 5.10. The highest BCUT2D eigenvalue weighted by Crippen LogP contribution is 2.31. The van der Waals surface area contributed by atoms with Crippen LogP contribution in [0.4, 0.5) is 0 Å². The molecule has 3 aromatic heterocycles. The van der Waals surface area contributed by atoms with E-state index >= 15 is 0 Å². The van der Waals surface area contributed by atoms with Crippen molar-refractivity contribution < 1.29 is 14.3 Å². The average molecular weight is 425 g/mol. The molecule has 0 bridgehead atoms. The Morgan fingerprint density at radius 2 is 2.17 bits per heavy atom. The zero-order valence-corrected chi connectivity index (χ0v) is 17.4. The minimum absolute atomic E-state index is 0.150. The molecule has 1 N–H and O–H groups in total. The second kappa shape index (κ2) is 8.30. The first kappa shape index (κ1) is 20.1. The normalized spacial score (nSPS) is 11.2. The van der Waals surface area contributed by atoms with Crippen molar-refractivity contribution in [3.63, 3.8) is 0 Å². The third kappa shape index (κ3) is 3.69. The number of fused-ring (bicyclic) bond motifs is 1. The van der Waals surface area contributed by atoms with Crippen LogP contribution >= 0.6 is 11.6 Å². The Balaban J connectivity index is 1.85. The number of benzene rings is 1. The van der Waals surface area contributed by atoms with Crippen molar-refractivity contribution in [3.05, 3.63) is 71.0 Å². The smallest absolute Gasteiger partial charge is 0.255 e. The molecule has 7 nitrogen and oxygen atoms in total. The van der Waals surface area contributed by atoms with E-state index in [4.69, 9.17) is 21.0 Å². The molecule has 4 rings (SSSR count). The number of rotatable bonds is 6. The summed E-state index contributed by atoms with van der Waals surface area (Å²) in [6.07, 6.45) is 4.95. The number of carbonyl (C=O) groups is 1. The first-order valence-electron chi connectivity index (χ1n) is 9.48. The molecule has 0 saturated carbocycles. The lowest BCUT2D eigenvalue weighted by atomic mass is 10.0. The number of furan rings is 1. The van der Waals surface area contributed by atoms with Crippen LogP contribution in [0.3, 0.4) is 0 Å². The van der Waals surface area contributed by atoms with Crippen molar-refractivity contribution in [1.82, 2.24) is 19.4 Å². The molecule has 8 heteroatoms. The van der Waals surface area contributed by atoms with Crippen molar-refractivity contribution in [2.75, 3.05) is 13.2 Å². The summed E-state index contributed by atoms with van der Waals surface area (Å²) in [6, 6.07) is 8.86. The molecule has 0 fully saturated rings. The van der Waals surface area contributed by atoms with E-state index in [1.807, 2.05) is 18.5 Å². The number of aryl methyl sites for hydroxylation is 2. The molecule has 0 aliphatic heterocycles. The molecule has 1 amide bonds. The molecule has 0 spiro atoms. The maximum Gasteiger partial charge on any atom is 0.255 e. The van der Waals surface area contributed by atoms with E-state index in [-0.39, 0.29) is 19.1 Å². The highest BCUT2D eigenvalue weighted by atomic mass is 35.5. The Morgan fingerprint density at radius 3 is 2.83 bits per heavy atom. The number of carbonyl (C=O) groups excluding carboxylic acids is 1. The van der Waals surface area contributed by atoms with E-state index in [2.05, 4.69) is 4.98 Å². The van der Waals surface area contributed by atoms with Crippen LogP contribution < -0.4 is 0 Å². The van der Waals surface area contributed by atoms with Gasteiger partial charge >= 0.3 is 0 Å². The highest BCUT2D eigenvalue weighted by Gasteiger charge is 2.22. The number of aliphatic hydroxyl groups is 1. The number of nitrogens with zero attached hydrogens (tertiary/aromatic N) is 4. The molecule has 4 aromatic rings. The van der Waals surface area contributed by atoms with Gasteiger partial charge in [-0.25, -0.2) is 9.97 Å². The Hall–Kier alpha value is -3.16. The van der Waals surface area contributed by atoms with Crippen LogP contribution in [-0.2, 0) is 13.6 Å². The Kier molecular flexibility index (Phi) is 5.57. The van der Waals surface area contributed by atoms with Gasteiger partial charge in [0.2, 0.25) is 0 Å². The summed E-state index contributed by atoms with van der Waals surface area (Å²) in [4.78, 5) is 24.0. The van der Waals surface area contributed by atoms with E-state index in [0.717, 1.165) is 11.3 Å². The largest absolute Gasteiger partial charge is 0.463 e. The molecule has 1 aromatic carbocycles. The van der Waals surface area contributed by atoms with Gasteiger partial charge in [0, 0.05) is 30.2 Å². The Bertz CT molecular complexity index is 1200. The number of halogens is 1. The summed E-state index contributed by atoms with van der Waals surface area (Å²) in [6.45, 7) is 2.24. The zero-order valence-electron chi connectivity index (χ0n) is 16.7. The Morgan fingerprint density at radius 1 is 1.33 bits per heavy atom. The summed E-state index contributed by atoms with van der Waals surface area (Å²) >= 11 is 6.32. The molecular weight excluding hydrogens is 404 g/mol. The Labute approximate surface area is 178 Å². The van der Waals surface area contributed by atoms with Gasteiger partial charge in [-0.3, -0.25) is 4.79 Å². The van der Waals surface area contributed by atoms with Crippen LogP contribution in [0.5, 0.6) is 0 Å². The fraction of sp³-hybridized carbons (Fsp3) is 0.227. The first-order valence-corrected chi connectivity index (χ1v) is 9.86. The standard InChI is InChI=1S/C22H21ClN4O3/c1-14-18(23)6-5-16-17(10-19(25-21(14)16)20-4-3-9-30-20)22(29)27(7-8-28)12-15-11-24-13-26(15)2/h3-6,9-11,13,28H,7-8,12H2,1-2H3. The summed E-state index contributed by atoms with van der Waals surface area (Å²) in [5, 5.41) is 10.8. The van der Waals surface area contributed by atoms with Crippen LogP contribution in [0.25, 0.3) is 22.4 Å². The fourth-order valence-corrected chi connectivity index (χ4v) is 3.56. The molecule has 154 valence electrons. The number of hydrogen-bond acceptors (Lipinski definition) is 5. The summed E-state index contributed by atoms with van der Waals surface area (Å²) < 4.78 is 7.36. The highest BCUT2D eigenvalue weighted by molar-refractivity contribution is 6.32. The van der Waals surface area contributed by atoms with E-state index < -0.39 is 0 Å². The molecule has 0 radical (unpaired) electrons. The predicted molar refractivity (Wildman–Crippen MR) is 114 cm³/mol. The zero-order chi connectivity index (χ0) is 21.3. The molecule has 30 heavy (non-hydrogen) atoms. The van der Waals surface area contributed by atoms with Crippen molar-refractivity contribution in [2.45, 2.75) is 13.5 Å². The lowest BCUT2D eigenvalue weighted by molar-refractivity contribution is 0.0706. The van der Waals surface area contributed by atoms with Crippen LogP contribution in [0.1, 0.15) is 21.6 Å². The monoisotopic (exact) mass is 424 g/mol. The SMILES string of the molecule is Cc1c(Cl)ccc2c(C(=O)N(CCO)Cc3cncn3C)cc(-c3ccco3)nc12. The number of hydrogen-bond donors (Lipinski definition) is 1. The number of pyridine rings is 1. The summed E-state index contributed by atoms with van der Waals surface area (Å²) in [5.41, 5.74) is 3.31. The molecular formula is C22H21ClN4O3. The van der Waals surface area contributed by atoms with E-state index in [1.54, 1.807) is 54.0 Å². The molecule has 0 atom stereocenters. The van der Waals surface area contributed by atoms with Crippen LogP contribution in [0.2, 0.25) is 5.02 Å². The van der Waals surface area contributed by atoms with Gasteiger partial charge in [-0.1, -0.05) is 17.7 Å². The minimum atomic E-state index is -0.216. The van der Waals surface area contributed by atoms with Crippen molar-refractivity contribution >= 4 is 28.4 Å². The van der Waals surface area contributed by atoms with Gasteiger partial charge in [-0.05, 0) is 36.8 Å². The molecule has 0 unspecified atom stereocenters. The first-order chi connectivity index (χ1) is 14.5. The van der Waals surface area contributed by atoms with Gasteiger partial charge < -0.3 is 19.0 Å². The number of aromatic nitrogens is 3. The van der Waals surface area contributed by atoms with Crippen molar-refractivity contribution in [1.29, 1.82) is 0 Å².